The van der Waals surface area contributed by atoms with Crippen LogP contribution in [0.25, 0.3) is 0 Å². The van der Waals surface area contributed by atoms with Crippen molar-refractivity contribution in [3.8, 4) is 0 Å². The van der Waals surface area contributed by atoms with E-state index in [9.17, 15) is 4.79 Å². The molecule has 0 radical (unpaired) electrons. The first kappa shape index (κ1) is 11.0. The molecule has 82 valence electrons. The molecule has 0 aliphatic carbocycles. The molecule has 1 aromatic heterocycles. The van der Waals surface area contributed by atoms with Gasteiger partial charge in [0.2, 0.25) is 0 Å². The molecular weight excluding hydrogens is 230 g/mol. The standard InChI is InChI=1S/C10H13NO2S2/c1-2-13-10(12)7-6-15-9(11-7)8-4-3-5-14-8/h3-5,7,9,11H,2,6H2,1H3/t7-,9-/m0/s1. The SMILES string of the molecule is CCOC(=O)[C@@H]1CS[C@@H](c2cccs2)N1. The summed E-state index contributed by atoms with van der Waals surface area (Å²) in [5.74, 6) is 0.658. The maximum atomic E-state index is 11.5. The molecule has 0 unspecified atom stereocenters. The first-order valence-corrected chi connectivity index (χ1v) is 6.81. The largest absolute Gasteiger partial charge is 0.465 e. The Kier molecular flexibility index (Phi) is 3.66. The van der Waals surface area contributed by atoms with E-state index in [4.69, 9.17) is 4.74 Å². The summed E-state index contributed by atoms with van der Waals surface area (Å²) in [6.07, 6.45) is 0. The van der Waals surface area contributed by atoms with Gasteiger partial charge >= 0.3 is 5.97 Å². The first-order chi connectivity index (χ1) is 7.31. The zero-order valence-electron chi connectivity index (χ0n) is 8.43. The molecule has 5 heteroatoms. The van der Waals surface area contributed by atoms with E-state index in [1.165, 1.54) is 4.88 Å². The zero-order valence-corrected chi connectivity index (χ0v) is 10.1. The van der Waals surface area contributed by atoms with Gasteiger partial charge in [-0.15, -0.1) is 23.1 Å². The van der Waals surface area contributed by atoms with Crippen LogP contribution in [0.1, 0.15) is 17.2 Å². The van der Waals surface area contributed by atoms with E-state index >= 15 is 0 Å². The van der Waals surface area contributed by atoms with Crippen molar-refractivity contribution < 1.29 is 9.53 Å². The second-order valence-corrected chi connectivity index (χ2v) is 5.32. The highest BCUT2D eigenvalue weighted by molar-refractivity contribution is 7.99. The van der Waals surface area contributed by atoms with Crippen LogP contribution in [0, 0.1) is 0 Å². The topological polar surface area (TPSA) is 38.3 Å². The van der Waals surface area contributed by atoms with Crippen molar-refractivity contribution in [3.05, 3.63) is 22.4 Å². The third-order valence-corrected chi connectivity index (χ3v) is 4.49. The third kappa shape index (κ3) is 2.53. The van der Waals surface area contributed by atoms with Crippen LogP contribution in [0.2, 0.25) is 0 Å². The van der Waals surface area contributed by atoms with Crippen molar-refractivity contribution in [1.82, 2.24) is 5.32 Å². The smallest absolute Gasteiger partial charge is 0.324 e. The van der Waals surface area contributed by atoms with E-state index < -0.39 is 0 Å². The predicted octanol–water partition coefficient (Wildman–Crippen LogP) is 2.01. The van der Waals surface area contributed by atoms with Gasteiger partial charge in [-0.3, -0.25) is 10.1 Å². The van der Waals surface area contributed by atoms with Crippen LogP contribution >= 0.6 is 23.1 Å². The number of hydrogen-bond acceptors (Lipinski definition) is 5. The summed E-state index contributed by atoms with van der Waals surface area (Å²) >= 11 is 3.47. The summed E-state index contributed by atoms with van der Waals surface area (Å²) in [5.41, 5.74) is 0. The monoisotopic (exact) mass is 243 g/mol. The average molecular weight is 243 g/mol. The van der Waals surface area contributed by atoms with E-state index in [1.54, 1.807) is 23.1 Å². The molecule has 0 bridgehead atoms. The van der Waals surface area contributed by atoms with Crippen LogP contribution in [0.4, 0.5) is 0 Å². The Morgan fingerprint density at radius 3 is 3.27 bits per heavy atom. The number of thioether (sulfide) groups is 1. The number of rotatable bonds is 3. The Morgan fingerprint density at radius 1 is 1.73 bits per heavy atom. The van der Waals surface area contributed by atoms with Crippen LogP contribution in [0.15, 0.2) is 17.5 Å². The number of thiophene rings is 1. The second kappa shape index (κ2) is 5.01. The summed E-state index contributed by atoms with van der Waals surface area (Å²) in [6.45, 7) is 2.28. The zero-order chi connectivity index (χ0) is 10.7. The van der Waals surface area contributed by atoms with Crippen LogP contribution < -0.4 is 5.32 Å². The highest BCUT2D eigenvalue weighted by Crippen LogP contribution is 2.35. The molecule has 2 rings (SSSR count). The van der Waals surface area contributed by atoms with Crippen molar-refractivity contribution in [2.45, 2.75) is 18.3 Å². The normalized spacial score (nSPS) is 25.4. The minimum Gasteiger partial charge on any atom is -0.465 e. The van der Waals surface area contributed by atoms with E-state index in [-0.39, 0.29) is 17.4 Å². The predicted molar refractivity (Wildman–Crippen MR) is 63.1 cm³/mol. The van der Waals surface area contributed by atoms with Crippen molar-refractivity contribution >= 4 is 29.1 Å². The van der Waals surface area contributed by atoms with Crippen LogP contribution in [0.5, 0.6) is 0 Å². The maximum Gasteiger partial charge on any atom is 0.324 e. The summed E-state index contributed by atoms with van der Waals surface area (Å²) in [7, 11) is 0. The fourth-order valence-corrected chi connectivity index (χ4v) is 3.61. The van der Waals surface area contributed by atoms with Gasteiger partial charge in [0.1, 0.15) is 6.04 Å². The minimum absolute atomic E-state index is 0.135. The molecule has 15 heavy (non-hydrogen) atoms. The summed E-state index contributed by atoms with van der Waals surface area (Å²) in [4.78, 5) is 12.7. The maximum absolute atomic E-state index is 11.5. The number of nitrogens with one attached hydrogen (secondary N) is 1. The van der Waals surface area contributed by atoms with Crippen molar-refractivity contribution in [2.24, 2.45) is 0 Å². The molecule has 0 amide bonds. The molecule has 1 saturated heterocycles. The minimum atomic E-state index is -0.151. The van der Waals surface area contributed by atoms with E-state index in [1.807, 2.05) is 13.0 Å². The highest BCUT2D eigenvalue weighted by Gasteiger charge is 2.31. The number of carbonyl (C=O) groups excluding carboxylic acids is 1. The molecule has 2 heterocycles. The Balaban J connectivity index is 1.92. The lowest BCUT2D eigenvalue weighted by Gasteiger charge is -2.10. The van der Waals surface area contributed by atoms with Gasteiger partial charge in [-0.25, -0.2) is 0 Å². The fourth-order valence-electron chi connectivity index (χ4n) is 1.46. The molecule has 1 aliphatic heterocycles. The quantitative estimate of drug-likeness (QED) is 0.824. The molecule has 0 saturated carbocycles. The van der Waals surface area contributed by atoms with Gasteiger partial charge in [-0.2, -0.15) is 0 Å². The molecule has 1 aromatic rings. The van der Waals surface area contributed by atoms with Gasteiger partial charge in [0.15, 0.2) is 0 Å². The Hall–Kier alpha value is -0.520. The van der Waals surface area contributed by atoms with E-state index in [2.05, 4.69) is 16.8 Å². The van der Waals surface area contributed by atoms with Gasteiger partial charge in [0, 0.05) is 10.6 Å². The second-order valence-electron chi connectivity index (χ2n) is 3.20. The number of hydrogen-bond donors (Lipinski definition) is 1. The van der Waals surface area contributed by atoms with Gasteiger partial charge in [0.05, 0.1) is 12.0 Å². The molecule has 0 aromatic carbocycles. The van der Waals surface area contributed by atoms with Crippen LogP contribution in [0.3, 0.4) is 0 Å². The highest BCUT2D eigenvalue weighted by atomic mass is 32.2. The number of carbonyl (C=O) groups is 1. The van der Waals surface area contributed by atoms with Crippen LogP contribution in [-0.4, -0.2) is 24.4 Å². The number of esters is 1. The van der Waals surface area contributed by atoms with E-state index in [0.717, 1.165) is 5.75 Å². The Labute approximate surface area is 97.2 Å². The van der Waals surface area contributed by atoms with Crippen molar-refractivity contribution in [1.29, 1.82) is 0 Å². The number of ether oxygens (including phenoxy) is 1. The summed E-state index contributed by atoms with van der Waals surface area (Å²) < 4.78 is 4.98. The van der Waals surface area contributed by atoms with Gasteiger partial charge in [0.25, 0.3) is 0 Å². The van der Waals surface area contributed by atoms with Crippen molar-refractivity contribution in [2.75, 3.05) is 12.4 Å². The molecule has 0 spiro atoms. The molecule has 1 aliphatic rings. The first-order valence-electron chi connectivity index (χ1n) is 4.89. The molecule has 3 nitrogen and oxygen atoms in total. The van der Waals surface area contributed by atoms with Gasteiger partial charge in [-0.1, -0.05) is 6.07 Å². The lowest BCUT2D eigenvalue weighted by atomic mass is 10.3. The summed E-state index contributed by atoms with van der Waals surface area (Å²) in [5, 5.41) is 5.58. The van der Waals surface area contributed by atoms with Crippen molar-refractivity contribution in [3.63, 3.8) is 0 Å². The summed E-state index contributed by atoms with van der Waals surface area (Å²) in [6, 6.07) is 3.96. The van der Waals surface area contributed by atoms with Gasteiger partial charge < -0.3 is 4.74 Å². The van der Waals surface area contributed by atoms with Gasteiger partial charge in [-0.05, 0) is 18.4 Å². The Bertz CT molecular complexity index is 326. The van der Waals surface area contributed by atoms with E-state index in [0.29, 0.717) is 6.61 Å². The molecule has 1 fully saturated rings. The van der Waals surface area contributed by atoms with Crippen LogP contribution in [-0.2, 0) is 9.53 Å². The lowest BCUT2D eigenvalue weighted by Crippen LogP contribution is -2.35. The Morgan fingerprint density at radius 2 is 2.60 bits per heavy atom. The fraction of sp³-hybridized carbons (Fsp3) is 0.500. The molecule has 2 atom stereocenters. The lowest BCUT2D eigenvalue weighted by molar-refractivity contribution is -0.144. The third-order valence-electron chi connectivity index (χ3n) is 2.15. The molecular formula is C10H13NO2S2. The molecule has 1 N–H and O–H groups in total. The average Bonchev–Trinajstić information content (AvgIpc) is 2.89.